The van der Waals surface area contributed by atoms with Crippen molar-refractivity contribution in [2.75, 3.05) is 13.1 Å². The number of carbonyl (C=O) groups is 2. The molecule has 2 atom stereocenters. The number of nitrogens with zero attached hydrogens (tertiary/aromatic N) is 5. The van der Waals surface area contributed by atoms with Gasteiger partial charge in [0.2, 0.25) is 15.9 Å². The van der Waals surface area contributed by atoms with Gasteiger partial charge in [-0.25, -0.2) is 18.0 Å². The molecule has 242 valence electrons. The minimum Gasteiger partial charge on any atom is -0.493 e. The molecule has 0 amide bonds. The molecule has 1 aromatic carbocycles. The van der Waals surface area contributed by atoms with Crippen LogP contribution in [0.4, 0.5) is 11.4 Å². The van der Waals surface area contributed by atoms with Crippen LogP contribution in [0, 0.1) is 18.3 Å². The third-order valence-electron chi connectivity index (χ3n) is 6.48. The van der Waals surface area contributed by atoms with Crippen molar-refractivity contribution >= 4 is 33.3 Å². The molecule has 0 spiro atoms. The highest BCUT2D eigenvalue weighted by Gasteiger charge is 2.30. The highest BCUT2D eigenvalue weighted by molar-refractivity contribution is 7.89. The Kier molecular flexibility index (Phi) is 12.9. The van der Waals surface area contributed by atoms with Crippen molar-refractivity contribution in [1.82, 2.24) is 8.87 Å². The van der Waals surface area contributed by atoms with Gasteiger partial charge in [0.1, 0.15) is 23.8 Å². The maximum absolute atomic E-state index is 13.7. The number of aromatic hydroxyl groups is 1. The van der Waals surface area contributed by atoms with E-state index >= 15 is 0 Å². The van der Waals surface area contributed by atoms with Gasteiger partial charge in [-0.2, -0.15) is 14.7 Å². The minimum atomic E-state index is -4.21. The topological polar surface area (TPSA) is 181 Å². The Labute approximate surface area is 263 Å². The molecule has 0 bridgehead atoms. The summed E-state index contributed by atoms with van der Waals surface area (Å²) in [6.07, 6.45) is -0.388. The van der Waals surface area contributed by atoms with E-state index in [9.17, 15) is 33.2 Å². The second-order valence-electron chi connectivity index (χ2n) is 10.6. The van der Waals surface area contributed by atoms with E-state index in [4.69, 9.17) is 9.47 Å². The van der Waals surface area contributed by atoms with E-state index in [0.29, 0.717) is 6.42 Å². The van der Waals surface area contributed by atoms with E-state index in [1.165, 1.54) is 58.9 Å². The second kappa shape index (κ2) is 15.9. The van der Waals surface area contributed by atoms with Gasteiger partial charge in [-0.3, -0.25) is 9.36 Å². The highest BCUT2D eigenvalue weighted by atomic mass is 32.2. The quantitative estimate of drug-likeness (QED) is 0.160. The normalized spacial score (nSPS) is 12.8. The van der Waals surface area contributed by atoms with Crippen molar-refractivity contribution in [3.8, 4) is 11.9 Å². The zero-order valence-electron chi connectivity index (χ0n) is 26.4. The monoisotopic (exact) mass is 641 g/mol. The third kappa shape index (κ3) is 9.44. The van der Waals surface area contributed by atoms with Crippen LogP contribution in [0.15, 0.2) is 68.5 Å². The molecule has 0 aliphatic heterocycles. The van der Waals surface area contributed by atoms with Gasteiger partial charge in [-0.15, -0.1) is 5.11 Å². The first kappa shape index (κ1) is 36.6. The number of unbranched alkanes of at least 4 members (excludes halogenated alkanes) is 1. The van der Waals surface area contributed by atoms with E-state index in [-0.39, 0.29) is 58.2 Å². The molecular formula is C31H39N5O8S. The average molecular weight is 642 g/mol. The fraction of sp³-hybridized carbons (Fsp3) is 0.419. The maximum Gasteiger partial charge on any atom is 0.333 e. The Bertz CT molecular complexity index is 1650. The molecule has 1 N–H and O–H groups in total. The second-order valence-corrected chi connectivity index (χ2v) is 12.5. The fourth-order valence-electron chi connectivity index (χ4n) is 4.01. The molecule has 1 heterocycles. The number of aromatic nitrogens is 1. The maximum atomic E-state index is 13.7. The first-order valence-corrected chi connectivity index (χ1v) is 15.6. The summed E-state index contributed by atoms with van der Waals surface area (Å²) in [5, 5.41) is 28.1. The largest absolute Gasteiger partial charge is 0.493 e. The van der Waals surface area contributed by atoms with Crippen molar-refractivity contribution in [3.05, 3.63) is 70.1 Å². The zero-order valence-corrected chi connectivity index (χ0v) is 27.2. The molecule has 0 saturated heterocycles. The molecule has 0 saturated carbocycles. The lowest BCUT2D eigenvalue weighted by Crippen LogP contribution is -2.43. The van der Waals surface area contributed by atoms with E-state index in [1.54, 1.807) is 0 Å². The number of ether oxygens (including phenoxy) is 2. The number of azo groups is 1. The summed E-state index contributed by atoms with van der Waals surface area (Å²) < 4.78 is 40.1. The zero-order chi connectivity index (χ0) is 34.1. The molecule has 2 rings (SSSR count). The molecule has 45 heavy (non-hydrogen) atoms. The SMILES string of the molecule is C=C(C)C(=O)OC(C)CN(CC(C)OC(=O)C(=C)C)S(=O)(=O)c1ccc(N=Nc2c(C)c(C#N)c(O)n(CCCC)c2=O)cc1. The molecule has 0 radical (unpaired) electrons. The van der Waals surface area contributed by atoms with Crippen molar-refractivity contribution in [2.24, 2.45) is 10.2 Å². The van der Waals surface area contributed by atoms with Crippen molar-refractivity contribution < 1.29 is 32.6 Å². The summed E-state index contributed by atoms with van der Waals surface area (Å²) in [7, 11) is -4.21. The van der Waals surface area contributed by atoms with Gasteiger partial charge in [-0.1, -0.05) is 26.5 Å². The summed E-state index contributed by atoms with van der Waals surface area (Å²) >= 11 is 0. The summed E-state index contributed by atoms with van der Waals surface area (Å²) in [4.78, 5) is 36.9. The number of esters is 2. The molecule has 1 aromatic heterocycles. The van der Waals surface area contributed by atoms with Gasteiger partial charge in [0.15, 0.2) is 5.69 Å². The van der Waals surface area contributed by atoms with Crippen LogP contribution in [-0.2, 0) is 35.6 Å². The predicted octanol–water partition coefficient (Wildman–Crippen LogP) is 4.96. The highest BCUT2D eigenvalue weighted by Crippen LogP contribution is 2.28. The Morgan fingerprint density at radius 1 is 1.04 bits per heavy atom. The van der Waals surface area contributed by atoms with Crippen LogP contribution < -0.4 is 5.56 Å². The molecule has 2 unspecified atom stereocenters. The lowest BCUT2D eigenvalue weighted by molar-refractivity contribution is -0.144. The number of sulfonamides is 1. The molecule has 13 nitrogen and oxygen atoms in total. The number of carbonyl (C=O) groups excluding carboxylic acids is 2. The van der Waals surface area contributed by atoms with Crippen molar-refractivity contribution in [1.29, 1.82) is 5.26 Å². The Morgan fingerprint density at radius 2 is 1.56 bits per heavy atom. The van der Waals surface area contributed by atoms with Gasteiger partial charge >= 0.3 is 11.9 Å². The number of hydrogen-bond donors (Lipinski definition) is 1. The van der Waals surface area contributed by atoms with Crippen LogP contribution in [0.25, 0.3) is 0 Å². The Balaban J connectivity index is 2.43. The lowest BCUT2D eigenvalue weighted by atomic mass is 10.1. The van der Waals surface area contributed by atoms with Crippen molar-refractivity contribution in [3.63, 3.8) is 0 Å². The minimum absolute atomic E-state index is 0.0903. The summed E-state index contributed by atoms with van der Waals surface area (Å²) in [6, 6.07) is 7.22. The molecule has 0 aliphatic carbocycles. The third-order valence-corrected chi connectivity index (χ3v) is 8.32. The fourth-order valence-corrected chi connectivity index (χ4v) is 5.60. The van der Waals surface area contributed by atoms with Gasteiger partial charge in [0, 0.05) is 23.3 Å². The first-order valence-electron chi connectivity index (χ1n) is 14.2. The molecular weight excluding hydrogens is 602 g/mol. The number of hydrogen-bond acceptors (Lipinski definition) is 11. The smallest absolute Gasteiger partial charge is 0.333 e. The summed E-state index contributed by atoms with van der Waals surface area (Å²) in [5.74, 6) is -1.79. The van der Waals surface area contributed by atoms with Crippen LogP contribution in [0.5, 0.6) is 5.88 Å². The first-order chi connectivity index (χ1) is 21.0. The number of benzene rings is 1. The average Bonchev–Trinajstić information content (AvgIpc) is 2.96. The van der Waals surface area contributed by atoms with E-state index in [1.807, 2.05) is 13.0 Å². The lowest BCUT2D eigenvalue weighted by Gasteiger charge is -2.27. The standard InChI is InChI=1S/C31H39N5O8S/c1-9-10-15-36-28(37)26(16-32)23(8)27(29(36)38)34-33-24-11-13-25(14-12-24)45(41,42)35(17-21(6)43-30(39)19(2)3)18-22(7)44-31(40)20(4)5/h11-14,21-22,37H,2,4,9-10,15,17-18H2,1,3,5-8H3. The van der Waals surface area contributed by atoms with E-state index < -0.39 is 45.6 Å². The van der Waals surface area contributed by atoms with Crippen molar-refractivity contribution in [2.45, 2.75) is 78.0 Å². The number of rotatable bonds is 15. The molecule has 0 aliphatic rings. The van der Waals surface area contributed by atoms with Crippen LogP contribution in [0.1, 0.15) is 58.6 Å². The van der Waals surface area contributed by atoms with Crippen LogP contribution >= 0.6 is 0 Å². The van der Waals surface area contributed by atoms with Gasteiger partial charge in [-0.05, 0) is 65.3 Å². The van der Waals surface area contributed by atoms with E-state index in [2.05, 4.69) is 23.4 Å². The number of nitriles is 1. The molecule has 2 aromatic rings. The summed E-state index contributed by atoms with van der Waals surface area (Å²) in [6.45, 7) is 16.1. The van der Waals surface area contributed by atoms with Gasteiger partial charge in [0.25, 0.3) is 5.56 Å². The Hall–Kier alpha value is -4.61. The van der Waals surface area contributed by atoms with E-state index in [0.717, 1.165) is 15.3 Å². The molecule has 14 heteroatoms. The van der Waals surface area contributed by atoms with Crippen LogP contribution in [0.2, 0.25) is 0 Å². The molecule has 0 fully saturated rings. The number of pyridine rings is 1. The van der Waals surface area contributed by atoms with Gasteiger partial charge in [0.05, 0.1) is 23.7 Å². The van der Waals surface area contributed by atoms with Crippen LogP contribution in [-0.4, -0.2) is 59.6 Å². The predicted molar refractivity (Wildman–Crippen MR) is 167 cm³/mol. The van der Waals surface area contributed by atoms with Gasteiger partial charge < -0.3 is 14.6 Å². The Morgan fingerprint density at radius 3 is 2.00 bits per heavy atom. The van der Waals surface area contributed by atoms with Crippen LogP contribution in [0.3, 0.4) is 0 Å². The summed E-state index contributed by atoms with van der Waals surface area (Å²) in [5.41, 5.74) is -0.161.